The van der Waals surface area contributed by atoms with Gasteiger partial charge in [0.05, 0.1) is 15.5 Å². The number of halogens is 2. The third kappa shape index (κ3) is 3.29. The number of benzene rings is 1. The molecule has 0 saturated heterocycles. The smallest absolute Gasteiger partial charge is 0.323 e. The fraction of sp³-hybridized carbons (Fsp3) is 0.167. The zero-order valence-electron chi connectivity index (χ0n) is 10.2. The van der Waals surface area contributed by atoms with Crippen molar-refractivity contribution in [1.29, 1.82) is 0 Å². The SMILES string of the molecule is CC(O)c1cc([N+](=O)[O-])c(Oc2ccc(Cl)cc2Br)s1. The Balaban J connectivity index is 2.39. The number of nitrogens with zero attached hydrogens (tertiary/aromatic N) is 1. The quantitative estimate of drug-likeness (QED) is 0.605. The Bertz CT molecular complexity index is 659. The lowest BCUT2D eigenvalue weighted by Crippen LogP contribution is -1.90. The van der Waals surface area contributed by atoms with E-state index in [4.69, 9.17) is 16.3 Å². The van der Waals surface area contributed by atoms with E-state index < -0.39 is 11.0 Å². The van der Waals surface area contributed by atoms with Gasteiger partial charge in [0.15, 0.2) is 0 Å². The molecule has 5 nitrogen and oxygen atoms in total. The monoisotopic (exact) mass is 377 g/mol. The summed E-state index contributed by atoms with van der Waals surface area (Å²) in [5.41, 5.74) is -0.173. The predicted octanol–water partition coefficient (Wildman–Crippen LogP) is 4.92. The molecule has 0 fully saturated rings. The van der Waals surface area contributed by atoms with Gasteiger partial charge in [-0.05, 0) is 41.1 Å². The molecule has 20 heavy (non-hydrogen) atoms. The van der Waals surface area contributed by atoms with Crippen LogP contribution in [0.4, 0.5) is 5.69 Å². The largest absolute Gasteiger partial charge is 0.439 e. The molecule has 1 unspecified atom stereocenters. The van der Waals surface area contributed by atoms with Gasteiger partial charge in [0.1, 0.15) is 5.75 Å². The van der Waals surface area contributed by atoms with Crippen LogP contribution < -0.4 is 4.74 Å². The van der Waals surface area contributed by atoms with Crippen molar-refractivity contribution in [3.8, 4) is 10.8 Å². The van der Waals surface area contributed by atoms with Crippen LogP contribution in [0.5, 0.6) is 10.8 Å². The molecule has 0 amide bonds. The maximum atomic E-state index is 11.0. The fourth-order valence-corrected chi connectivity index (χ4v) is 3.13. The fourth-order valence-electron chi connectivity index (χ4n) is 1.45. The first-order valence-electron chi connectivity index (χ1n) is 5.47. The summed E-state index contributed by atoms with van der Waals surface area (Å²) < 4.78 is 6.14. The molecule has 1 N–H and O–H groups in total. The Labute approximate surface area is 132 Å². The van der Waals surface area contributed by atoms with Gasteiger partial charge >= 0.3 is 5.69 Å². The standard InChI is InChI=1S/C12H9BrClNO4S/c1-6(16)11-5-9(15(17)18)12(20-11)19-10-3-2-7(14)4-8(10)13/h2-6,16H,1H3. The second kappa shape index (κ2) is 6.09. The molecule has 0 bridgehead atoms. The topological polar surface area (TPSA) is 72.6 Å². The van der Waals surface area contributed by atoms with E-state index in [1.807, 2.05) is 0 Å². The van der Waals surface area contributed by atoms with E-state index in [2.05, 4.69) is 15.9 Å². The van der Waals surface area contributed by atoms with Crippen molar-refractivity contribution in [2.24, 2.45) is 0 Å². The van der Waals surface area contributed by atoms with Gasteiger partial charge in [-0.25, -0.2) is 0 Å². The number of nitro groups is 1. The van der Waals surface area contributed by atoms with Gasteiger partial charge < -0.3 is 9.84 Å². The van der Waals surface area contributed by atoms with Crippen LogP contribution in [0.25, 0.3) is 0 Å². The molecular weight excluding hydrogens is 370 g/mol. The van der Waals surface area contributed by atoms with E-state index in [1.165, 1.54) is 13.0 Å². The van der Waals surface area contributed by atoms with Crippen molar-refractivity contribution < 1.29 is 14.8 Å². The van der Waals surface area contributed by atoms with Crippen molar-refractivity contribution in [3.05, 3.63) is 48.8 Å². The van der Waals surface area contributed by atoms with Gasteiger partial charge in [-0.15, -0.1) is 0 Å². The van der Waals surface area contributed by atoms with E-state index in [1.54, 1.807) is 18.2 Å². The number of aliphatic hydroxyl groups excluding tert-OH is 1. The lowest BCUT2D eigenvalue weighted by Gasteiger charge is -2.05. The lowest BCUT2D eigenvalue weighted by atomic mass is 10.3. The minimum Gasteiger partial charge on any atom is -0.439 e. The maximum Gasteiger partial charge on any atom is 0.323 e. The highest BCUT2D eigenvalue weighted by molar-refractivity contribution is 9.10. The number of thiophene rings is 1. The van der Waals surface area contributed by atoms with Gasteiger partial charge in [0, 0.05) is 16.0 Å². The van der Waals surface area contributed by atoms with Crippen LogP contribution in [0.1, 0.15) is 17.9 Å². The lowest BCUT2D eigenvalue weighted by molar-refractivity contribution is -0.385. The van der Waals surface area contributed by atoms with E-state index in [-0.39, 0.29) is 10.8 Å². The molecule has 1 atom stereocenters. The van der Waals surface area contributed by atoms with E-state index in [9.17, 15) is 15.2 Å². The Kier molecular flexibility index (Phi) is 4.64. The summed E-state index contributed by atoms with van der Waals surface area (Å²) >= 11 is 10.1. The first kappa shape index (κ1) is 15.2. The maximum absolute atomic E-state index is 11.0. The molecule has 0 aliphatic rings. The van der Waals surface area contributed by atoms with Crippen LogP contribution in [-0.2, 0) is 0 Å². The van der Waals surface area contributed by atoms with Crippen molar-refractivity contribution in [1.82, 2.24) is 0 Å². The molecule has 0 saturated carbocycles. The van der Waals surface area contributed by atoms with Crippen molar-refractivity contribution in [2.75, 3.05) is 0 Å². The number of hydrogen-bond donors (Lipinski definition) is 1. The highest BCUT2D eigenvalue weighted by Crippen LogP contribution is 2.43. The second-order valence-electron chi connectivity index (χ2n) is 3.93. The molecule has 0 radical (unpaired) electrons. The number of aliphatic hydroxyl groups is 1. The molecule has 2 rings (SSSR count). The Hall–Kier alpha value is -1.15. The van der Waals surface area contributed by atoms with Crippen LogP contribution in [0, 0.1) is 10.1 Å². The van der Waals surface area contributed by atoms with Crippen LogP contribution >= 0.6 is 38.9 Å². The third-order valence-corrected chi connectivity index (χ3v) is 4.43. The Morgan fingerprint density at radius 2 is 2.20 bits per heavy atom. The van der Waals surface area contributed by atoms with Crippen LogP contribution in [0.15, 0.2) is 28.7 Å². The molecule has 8 heteroatoms. The molecule has 1 heterocycles. The summed E-state index contributed by atoms with van der Waals surface area (Å²) in [7, 11) is 0. The molecular formula is C12H9BrClNO4S. The summed E-state index contributed by atoms with van der Waals surface area (Å²) in [6.07, 6.45) is -0.787. The number of hydrogen-bond acceptors (Lipinski definition) is 5. The van der Waals surface area contributed by atoms with Crippen LogP contribution in [0.2, 0.25) is 5.02 Å². The zero-order chi connectivity index (χ0) is 14.9. The molecule has 0 spiro atoms. The number of rotatable bonds is 4. The molecule has 0 aliphatic carbocycles. The van der Waals surface area contributed by atoms with E-state index in [0.29, 0.717) is 20.1 Å². The summed E-state index contributed by atoms with van der Waals surface area (Å²) in [5, 5.41) is 21.2. The molecule has 1 aromatic carbocycles. The van der Waals surface area contributed by atoms with Gasteiger partial charge in [0.2, 0.25) is 0 Å². The highest BCUT2D eigenvalue weighted by atomic mass is 79.9. The first-order valence-corrected chi connectivity index (χ1v) is 7.46. The first-order chi connectivity index (χ1) is 9.38. The second-order valence-corrected chi connectivity index (χ2v) is 6.27. The Morgan fingerprint density at radius 3 is 2.75 bits per heavy atom. The normalized spacial score (nSPS) is 12.2. The van der Waals surface area contributed by atoms with E-state index in [0.717, 1.165) is 11.3 Å². The van der Waals surface area contributed by atoms with Gasteiger partial charge in [-0.1, -0.05) is 22.9 Å². The molecule has 1 aromatic heterocycles. The molecule has 2 aromatic rings. The predicted molar refractivity (Wildman–Crippen MR) is 80.8 cm³/mol. The van der Waals surface area contributed by atoms with Gasteiger partial charge in [-0.3, -0.25) is 10.1 Å². The minimum absolute atomic E-state index is 0.119. The average Bonchev–Trinajstić information content (AvgIpc) is 2.77. The van der Waals surface area contributed by atoms with Crippen molar-refractivity contribution in [3.63, 3.8) is 0 Å². The van der Waals surface area contributed by atoms with Crippen LogP contribution in [-0.4, -0.2) is 10.0 Å². The minimum atomic E-state index is -0.787. The van der Waals surface area contributed by atoms with Crippen LogP contribution in [0.3, 0.4) is 0 Å². The van der Waals surface area contributed by atoms with E-state index >= 15 is 0 Å². The van der Waals surface area contributed by atoms with Crippen molar-refractivity contribution >= 4 is 44.6 Å². The number of ether oxygens (including phenoxy) is 1. The average molecular weight is 379 g/mol. The molecule has 0 aliphatic heterocycles. The summed E-state index contributed by atoms with van der Waals surface area (Å²) in [4.78, 5) is 10.9. The van der Waals surface area contributed by atoms with Gasteiger partial charge in [-0.2, -0.15) is 0 Å². The highest BCUT2D eigenvalue weighted by Gasteiger charge is 2.23. The summed E-state index contributed by atoms with van der Waals surface area (Å²) in [6.45, 7) is 1.54. The summed E-state index contributed by atoms with van der Waals surface area (Å²) in [5.74, 6) is 0.413. The van der Waals surface area contributed by atoms with Gasteiger partial charge in [0.25, 0.3) is 5.06 Å². The third-order valence-electron chi connectivity index (χ3n) is 2.40. The summed E-state index contributed by atoms with van der Waals surface area (Å²) in [6, 6.07) is 6.18. The zero-order valence-corrected chi connectivity index (χ0v) is 13.3. The van der Waals surface area contributed by atoms with Crippen molar-refractivity contribution in [2.45, 2.75) is 13.0 Å². The Morgan fingerprint density at radius 1 is 1.50 bits per heavy atom. The molecule has 106 valence electrons.